The van der Waals surface area contributed by atoms with Gasteiger partial charge in [-0.15, -0.1) is 11.3 Å². The van der Waals surface area contributed by atoms with Crippen LogP contribution in [0.4, 0.5) is 32.0 Å². The second kappa shape index (κ2) is 13.7. The van der Waals surface area contributed by atoms with Crippen molar-refractivity contribution in [3.63, 3.8) is 0 Å². The number of nitrogens with zero attached hydrogens (tertiary/aromatic N) is 3. The number of hydrogen-bond acceptors (Lipinski definition) is 7. The Bertz CT molecular complexity index is 1680. The number of thiophene rings is 1. The van der Waals surface area contributed by atoms with E-state index in [0.717, 1.165) is 28.2 Å². The largest absolute Gasteiger partial charge is 0.495 e. The molecule has 2 atom stereocenters. The van der Waals surface area contributed by atoms with Crippen LogP contribution in [0.2, 0.25) is 0 Å². The number of aromatic nitrogens is 1. The Morgan fingerprint density at radius 1 is 1.02 bits per heavy atom. The molecular weight excluding hydrogens is 666 g/mol. The number of anilines is 1. The fourth-order valence-electron chi connectivity index (χ4n) is 6.51. The zero-order chi connectivity index (χ0) is 34.9. The summed E-state index contributed by atoms with van der Waals surface area (Å²) in [4.78, 5) is 47.1. The van der Waals surface area contributed by atoms with Gasteiger partial charge in [0.15, 0.2) is 0 Å². The molecule has 260 valence electrons. The highest BCUT2D eigenvalue weighted by Crippen LogP contribution is 2.43. The maximum absolute atomic E-state index is 14.7. The van der Waals surface area contributed by atoms with E-state index < -0.39 is 57.4 Å². The standard InChI is InChI=1S/C32H34F6N4O5S/c1-3-7-24-30(47-20-18-25(48-19-20)32(36,37)38,29(45)41-16-14-40(15-17-41)22-8-4-5-9-23(22)46-2)11-6-13-42(24)28(44)26-21(31(33,34)35)10-12-39-27(26)43/h4-5,8-10,12,18-19,24H,3,6-7,11,13-17H2,1-2H3,(H,39,43)/t24-,30+/m1/s1. The Hall–Kier alpha value is -4.21. The summed E-state index contributed by atoms with van der Waals surface area (Å²) in [5.41, 5.74) is -4.97. The number of piperidine rings is 1. The summed E-state index contributed by atoms with van der Waals surface area (Å²) < 4.78 is 94.5. The normalized spacial score (nSPS) is 20.5. The molecular formula is C32H34F6N4O5S. The smallest absolute Gasteiger partial charge is 0.425 e. The first kappa shape index (κ1) is 35.1. The van der Waals surface area contributed by atoms with E-state index in [1.54, 1.807) is 20.1 Å². The number of carbonyl (C=O) groups excluding carboxylic acids is 2. The first-order chi connectivity index (χ1) is 22.7. The van der Waals surface area contributed by atoms with Gasteiger partial charge in [0.05, 0.1) is 24.4 Å². The van der Waals surface area contributed by atoms with E-state index in [2.05, 4.69) is 4.98 Å². The molecule has 1 N–H and O–H groups in total. The van der Waals surface area contributed by atoms with E-state index in [1.165, 1.54) is 4.90 Å². The third-order valence-electron chi connectivity index (χ3n) is 8.67. The highest BCUT2D eigenvalue weighted by molar-refractivity contribution is 7.10. The predicted molar refractivity (Wildman–Crippen MR) is 165 cm³/mol. The molecule has 2 saturated heterocycles. The van der Waals surface area contributed by atoms with Crippen LogP contribution in [-0.2, 0) is 17.1 Å². The van der Waals surface area contributed by atoms with Crippen LogP contribution >= 0.6 is 11.3 Å². The number of carbonyl (C=O) groups is 2. The van der Waals surface area contributed by atoms with Crippen molar-refractivity contribution in [2.75, 3.05) is 44.7 Å². The van der Waals surface area contributed by atoms with Crippen molar-refractivity contribution in [3.8, 4) is 11.5 Å². The number of rotatable bonds is 8. The lowest BCUT2D eigenvalue weighted by atomic mass is 9.79. The van der Waals surface area contributed by atoms with Crippen molar-refractivity contribution in [1.29, 1.82) is 0 Å². The van der Waals surface area contributed by atoms with E-state index >= 15 is 0 Å². The second-order valence-corrected chi connectivity index (χ2v) is 12.5. The summed E-state index contributed by atoms with van der Waals surface area (Å²) in [6.07, 6.45) is -8.49. The van der Waals surface area contributed by atoms with Gasteiger partial charge in [-0.3, -0.25) is 14.4 Å². The highest BCUT2D eigenvalue weighted by atomic mass is 32.1. The number of amides is 2. The van der Waals surface area contributed by atoms with Crippen LogP contribution in [0.5, 0.6) is 11.5 Å². The number of methoxy groups -OCH3 is 1. The molecule has 0 saturated carbocycles. The third kappa shape index (κ3) is 6.84. The number of H-pyrrole nitrogens is 1. The van der Waals surface area contributed by atoms with E-state index in [1.807, 2.05) is 23.1 Å². The van der Waals surface area contributed by atoms with Crippen molar-refractivity contribution in [1.82, 2.24) is 14.8 Å². The molecule has 0 bridgehead atoms. The minimum Gasteiger partial charge on any atom is -0.495 e. The van der Waals surface area contributed by atoms with Gasteiger partial charge in [-0.05, 0) is 31.0 Å². The van der Waals surface area contributed by atoms with Gasteiger partial charge < -0.3 is 29.2 Å². The number of benzene rings is 1. The Kier molecular flexibility index (Phi) is 10.0. The molecule has 0 radical (unpaired) electrons. The molecule has 1 aromatic carbocycles. The van der Waals surface area contributed by atoms with Crippen molar-refractivity contribution >= 4 is 28.8 Å². The number of para-hydroxylation sites is 2. The fraction of sp³-hybridized carbons (Fsp3) is 0.469. The minimum absolute atomic E-state index is 0.0263. The lowest BCUT2D eigenvalue weighted by molar-refractivity contribution is -0.159. The summed E-state index contributed by atoms with van der Waals surface area (Å²) in [6, 6.07) is 7.50. The molecule has 0 spiro atoms. The van der Waals surface area contributed by atoms with Gasteiger partial charge in [0.1, 0.15) is 21.9 Å². The number of halogens is 6. The number of piperazine rings is 1. The molecule has 2 amide bonds. The summed E-state index contributed by atoms with van der Waals surface area (Å²) in [7, 11) is 1.54. The SMILES string of the molecule is CCC[C@H]1N(C(=O)c2c(C(F)(F)F)cc[nH]c2=O)CCC[C@@]1(Oc1csc(C(F)(F)F)c1)C(=O)N1CCN(c2ccccc2OC)CC1. The van der Waals surface area contributed by atoms with Gasteiger partial charge in [0.2, 0.25) is 5.60 Å². The Balaban J connectivity index is 1.54. The molecule has 3 aromatic rings. The molecule has 2 aliphatic rings. The number of ether oxygens (including phenoxy) is 2. The van der Waals surface area contributed by atoms with Crippen LogP contribution in [0.15, 0.2) is 52.8 Å². The van der Waals surface area contributed by atoms with Crippen molar-refractivity contribution in [3.05, 3.63) is 74.3 Å². The van der Waals surface area contributed by atoms with Crippen LogP contribution in [-0.4, -0.2) is 78.1 Å². The first-order valence-corrected chi connectivity index (χ1v) is 16.2. The molecule has 0 aliphatic carbocycles. The molecule has 9 nitrogen and oxygen atoms in total. The van der Waals surface area contributed by atoms with E-state index in [0.29, 0.717) is 42.7 Å². The monoisotopic (exact) mass is 700 g/mol. The van der Waals surface area contributed by atoms with E-state index in [4.69, 9.17) is 9.47 Å². The lowest BCUT2D eigenvalue weighted by Crippen LogP contribution is -2.69. The first-order valence-electron chi connectivity index (χ1n) is 15.3. The molecule has 2 fully saturated rings. The Labute approximate surface area is 276 Å². The third-order valence-corrected chi connectivity index (χ3v) is 9.63. The maximum atomic E-state index is 14.7. The Morgan fingerprint density at radius 2 is 1.73 bits per heavy atom. The van der Waals surface area contributed by atoms with Crippen molar-refractivity contribution in [2.24, 2.45) is 0 Å². The fourth-order valence-corrected chi connectivity index (χ4v) is 7.19. The zero-order valence-electron chi connectivity index (χ0n) is 26.1. The molecule has 2 aliphatic heterocycles. The number of hydrogen-bond donors (Lipinski definition) is 1. The second-order valence-electron chi connectivity index (χ2n) is 11.6. The number of pyridine rings is 1. The predicted octanol–water partition coefficient (Wildman–Crippen LogP) is 6.05. The average Bonchev–Trinajstić information content (AvgIpc) is 3.54. The number of alkyl halides is 6. The average molecular weight is 701 g/mol. The highest BCUT2D eigenvalue weighted by Gasteiger charge is 2.56. The molecule has 2 aromatic heterocycles. The number of nitrogens with one attached hydrogen (secondary N) is 1. The van der Waals surface area contributed by atoms with Crippen LogP contribution in [0.3, 0.4) is 0 Å². The lowest BCUT2D eigenvalue weighted by Gasteiger charge is -2.50. The van der Waals surface area contributed by atoms with Gasteiger partial charge in [0.25, 0.3) is 17.4 Å². The summed E-state index contributed by atoms with van der Waals surface area (Å²) >= 11 is 0.373. The summed E-state index contributed by atoms with van der Waals surface area (Å²) in [6.45, 7) is 2.74. The van der Waals surface area contributed by atoms with Gasteiger partial charge >= 0.3 is 12.4 Å². The van der Waals surface area contributed by atoms with Crippen LogP contribution in [0.25, 0.3) is 0 Å². The summed E-state index contributed by atoms with van der Waals surface area (Å²) in [5, 5.41) is 1.12. The van der Waals surface area contributed by atoms with E-state index in [-0.39, 0.29) is 44.6 Å². The maximum Gasteiger partial charge on any atom is 0.425 e. The summed E-state index contributed by atoms with van der Waals surface area (Å²) in [5.74, 6) is -1.47. The number of likely N-dealkylation sites (tertiary alicyclic amines) is 1. The van der Waals surface area contributed by atoms with Crippen molar-refractivity contribution < 1.29 is 45.4 Å². The topological polar surface area (TPSA) is 95.2 Å². The molecule has 4 heterocycles. The van der Waals surface area contributed by atoms with Gasteiger partial charge in [-0.25, -0.2) is 0 Å². The van der Waals surface area contributed by atoms with Crippen LogP contribution in [0, 0.1) is 0 Å². The number of aromatic amines is 1. The Morgan fingerprint density at radius 3 is 2.35 bits per heavy atom. The van der Waals surface area contributed by atoms with Gasteiger partial charge in [-0.1, -0.05) is 25.5 Å². The molecule has 16 heteroatoms. The molecule has 0 unspecified atom stereocenters. The van der Waals surface area contributed by atoms with Crippen molar-refractivity contribution in [2.45, 2.75) is 56.6 Å². The molecule has 5 rings (SSSR count). The van der Waals surface area contributed by atoms with Gasteiger partial charge in [-0.2, -0.15) is 26.3 Å². The van der Waals surface area contributed by atoms with Crippen LogP contribution < -0.4 is 19.9 Å². The quantitative estimate of drug-likeness (QED) is 0.288. The van der Waals surface area contributed by atoms with Crippen LogP contribution in [0.1, 0.15) is 53.4 Å². The minimum atomic E-state index is -5.04. The van der Waals surface area contributed by atoms with E-state index in [9.17, 15) is 40.7 Å². The van der Waals surface area contributed by atoms with Gasteiger partial charge in [0, 0.05) is 56.8 Å². The molecule has 48 heavy (non-hydrogen) atoms. The zero-order valence-corrected chi connectivity index (χ0v) is 26.9.